The number of aromatic hydroxyl groups is 1. The number of amides is 1. The van der Waals surface area contributed by atoms with Crippen LogP contribution >= 0.6 is 15.9 Å². The van der Waals surface area contributed by atoms with E-state index in [1.165, 1.54) is 6.07 Å². The summed E-state index contributed by atoms with van der Waals surface area (Å²) in [4.78, 5) is 12.0. The first-order valence-corrected chi connectivity index (χ1v) is 6.42. The fraction of sp³-hybridized carbons (Fsp3) is 0.0714. The van der Waals surface area contributed by atoms with Crippen molar-refractivity contribution in [2.24, 2.45) is 0 Å². The molecule has 0 radical (unpaired) electrons. The van der Waals surface area contributed by atoms with Gasteiger partial charge in [0.2, 0.25) is 0 Å². The third-order valence-electron chi connectivity index (χ3n) is 2.65. The molecule has 0 aliphatic rings. The topological polar surface area (TPSA) is 75.4 Å². The first-order chi connectivity index (χ1) is 8.95. The second-order valence-corrected chi connectivity index (χ2v) is 5.14. The van der Waals surface area contributed by atoms with Gasteiger partial charge in [-0.2, -0.15) is 0 Å². The van der Waals surface area contributed by atoms with Crippen molar-refractivity contribution in [1.82, 2.24) is 0 Å². The van der Waals surface area contributed by atoms with E-state index >= 15 is 0 Å². The third-order valence-corrected chi connectivity index (χ3v) is 3.11. The fourth-order valence-corrected chi connectivity index (χ4v) is 2.14. The average Bonchev–Trinajstić information content (AvgIpc) is 2.32. The highest BCUT2D eigenvalue weighted by atomic mass is 79.9. The van der Waals surface area contributed by atoms with Crippen molar-refractivity contribution < 1.29 is 9.90 Å². The zero-order valence-corrected chi connectivity index (χ0v) is 11.9. The van der Waals surface area contributed by atoms with Gasteiger partial charge in [-0.1, -0.05) is 22.0 Å². The molecule has 4 N–H and O–H groups in total. The Labute approximate surface area is 119 Å². The number of nitrogens with one attached hydrogen (secondary N) is 1. The Morgan fingerprint density at radius 2 is 2.00 bits per heavy atom. The van der Waals surface area contributed by atoms with E-state index < -0.39 is 0 Å². The molecule has 0 bridgehead atoms. The van der Waals surface area contributed by atoms with Gasteiger partial charge in [0, 0.05) is 27.5 Å². The molecule has 0 aliphatic heterocycles. The van der Waals surface area contributed by atoms with Crippen LogP contribution in [0.4, 0.5) is 11.4 Å². The van der Waals surface area contributed by atoms with Crippen LogP contribution in [-0.4, -0.2) is 11.0 Å². The fourth-order valence-electron chi connectivity index (χ4n) is 1.63. The zero-order chi connectivity index (χ0) is 14.0. The van der Waals surface area contributed by atoms with Crippen molar-refractivity contribution in [3.8, 4) is 5.75 Å². The Hall–Kier alpha value is -2.01. The van der Waals surface area contributed by atoms with Gasteiger partial charge >= 0.3 is 0 Å². The highest BCUT2D eigenvalue weighted by molar-refractivity contribution is 9.10. The molecule has 5 heteroatoms. The Morgan fingerprint density at radius 1 is 1.26 bits per heavy atom. The van der Waals surface area contributed by atoms with E-state index in [0.717, 1.165) is 10.0 Å². The normalized spacial score (nSPS) is 10.2. The second-order valence-electron chi connectivity index (χ2n) is 4.23. The number of hydrogen-bond donors (Lipinski definition) is 3. The Morgan fingerprint density at radius 3 is 2.63 bits per heavy atom. The molecule has 0 heterocycles. The number of rotatable bonds is 2. The quantitative estimate of drug-likeness (QED) is 0.743. The van der Waals surface area contributed by atoms with Gasteiger partial charge < -0.3 is 16.2 Å². The van der Waals surface area contributed by atoms with Crippen molar-refractivity contribution in [3.63, 3.8) is 0 Å². The molecule has 2 rings (SSSR count). The van der Waals surface area contributed by atoms with E-state index in [0.29, 0.717) is 16.9 Å². The van der Waals surface area contributed by atoms with Gasteiger partial charge in [-0.25, -0.2) is 0 Å². The largest absolute Gasteiger partial charge is 0.508 e. The monoisotopic (exact) mass is 320 g/mol. The summed E-state index contributed by atoms with van der Waals surface area (Å²) in [6.07, 6.45) is 0. The maximum Gasteiger partial charge on any atom is 0.255 e. The van der Waals surface area contributed by atoms with Gasteiger partial charge in [0.25, 0.3) is 5.91 Å². The lowest BCUT2D eigenvalue weighted by Crippen LogP contribution is -2.12. The second kappa shape index (κ2) is 5.32. The molecule has 0 fully saturated rings. The van der Waals surface area contributed by atoms with E-state index in [1.807, 2.05) is 0 Å². The van der Waals surface area contributed by atoms with Crippen LogP contribution in [0.5, 0.6) is 5.75 Å². The minimum absolute atomic E-state index is 0.145. The summed E-state index contributed by atoms with van der Waals surface area (Å²) in [5, 5.41) is 12.3. The Bertz CT molecular complexity index is 621. The molecule has 1 amide bonds. The first kappa shape index (κ1) is 13.4. The van der Waals surface area contributed by atoms with Crippen LogP contribution in [0, 0.1) is 6.92 Å². The van der Waals surface area contributed by atoms with Crippen LogP contribution in [0.3, 0.4) is 0 Å². The number of phenolic OH excluding ortho intramolecular Hbond substituents is 1. The van der Waals surface area contributed by atoms with Crippen LogP contribution in [0.2, 0.25) is 0 Å². The summed E-state index contributed by atoms with van der Waals surface area (Å²) in [6, 6.07) is 9.96. The molecule has 98 valence electrons. The summed E-state index contributed by atoms with van der Waals surface area (Å²) in [7, 11) is 0. The van der Waals surface area contributed by atoms with Gasteiger partial charge in [-0.15, -0.1) is 0 Å². The molecule has 2 aromatic rings. The number of hydrogen-bond acceptors (Lipinski definition) is 3. The van der Waals surface area contributed by atoms with Crippen LogP contribution < -0.4 is 11.1 Å². The summed E-state index contributed by atoms with van der Waals surface area (Å²) in [5.41, 5.74) is 7.93. The van der Waals surface area contributed by atoms with Crippen LogP contribution in [0.15, 0.2) is 40.9 Å². The predicted molar refractivity (Wildman–Crippen MR) is 79.4 cm³/mol. The Balaban J connectivity index is 2.22. The van der Waals surface area contributed by atoms with Crippen LogP contribution in [0.25, 0.3) is 0 Å². The van der Waals surface area contributed by atoms with Gasteiger partial charge in [-0.3, -0.25) is 4.79 Å². The number of phenols is 1. The van der Waals surface area contributed by atoms with E-state index in [4.69, 9.17) is 5.73 Å². The number of nitrogens with two attached hydrogens (primary N) is 1. The smallest absolute Gasteiger partial charge is 0.255 e. The summed E-state index contributed by atoms with van der Waals surface area (Å²) >= 11 is 3.29. The average molecular weight is 321 g/mol. The summed E-state index contributed by atoms with van der Waals surface area (Å²) in [5.74, 6) is -0.136. The number of carbonyl (C=O) groups excluding carboxylic acids is 1. The van der Waals surface area contributed by atoms with E-state index in [1.54, 1.807) is 37.3 Å². The highest BCUT2D eigenvalue weighted by Crippen LogP contribution is 2.22. The number of nitrogen functional groups attached to an aromatic ring is 1. The molecule has 0 saturated carbocycles. The minimum atomic E-state index is -0.281. The minimum Gasteiger partial charge on any atom is -0.508 e. The molecule has 19 heavy (non-hydrogen) atoms. The van der Waals surface area contributed by atoms with E-state index in [-0.39, 0.29) is 11.7 Å². The van der Waals surface area contributed by atoms with Gasteiger partial charge in [-0.05, 0) is 36.8 Å². The highest BCUT2D eigenvalue weighted by Gasteiger charge is 2.08. The molecule has 4 nitrogen and oxygen atoms in total. The molecular weight excluding hydrogens is 308 g/mol. The number of benzene rings is 2. The van der Waals surface area contributed by atoms with Crippen molar-refractivity contribution in [1.29, 1.82) is 0 Å². The Kier molecular flexibility index (Phi) is 3.76. The molecule has 0 atom stereocenters. The van der Waals surface area contributed by atoms with Gasteiger partial charge in [0.15, 0.2) is 0 Å². The molecule has 0 aliphatic carbocycles. The third kappa shape index (κ3) is 3.26. The lowest BCUT2D eigenvalue weighted by atomic mass is 10.1. The van der Waals surface area contributed by atoms with Gasteiger partial charge in [0.1, 0.15) is 5.75 Å². The molecule has 0 saturated heterocycles. The van der Waals surface area contributed by atoms with E-state index in [9.17, 15) is 9.90 Å². The standard InChI is InChI=1S/C14H13BrN2O2/c1-8-2-3-12(7-13(8)18)17-14(19)9-4-10(15)6-11(16)5-9/h2-7,18H,16H2,1H3,(H,17,19). The van der Waals surface area contributed by atoms with Gasteiger partial charge in [0.05, 0.1) is 0 Å². The lowest BCUT2D eigenvalue weighted by molar-refractivity contribution is 0.102. The predicted octanol–water partition coefficient (Wildman–Crippen LogP) is 3.30. The first-order valence-electron chi connectivity index (χ1n) is 5.63. The van der Waals surface area contributed by atoms with Crippen molar-refractivity contribution in [2.45, 2.75) is 6.92 Å². The van der Waals surface area contributed by atoms with Crippen molar-refractivity contribution in [2.75, 3.05) is 11.1 Å². The maximum atomic E-state index is 12.0. The number of halogens is 1. The maximum absolute atomic E-state index is 12.0. The summed E-state index contributed by atoms with van der Waals surface area (Å²) < 4.78 is 0.740. The van der Waals surface area contributed by atoms with Crippen LogP contribution in [-0.2, 0) is 0 Å². The number of aryl methyl sites for hydroxylation is 1. The molecular formula is C14H13BrN2O2. The van der Waals surface area contributed by atoms with Crippen molar-refractivity contribution >= 4 is 33.2 Å². The van der Waals surface area contributed by atoms with Crippen LogP contribution in [0.1, 0.15) is 15.9 Å². The van der Waals surface area contributed by atoms with Crippen molar-refractivity contribution in [3.05, 3.63) is 52.0 Å². The SMILES string of the molecule is Cc1ccc(NC(=O)c2cc(N)cc(Br)c2)cc1O. The molecule has 0 spiro atoms. The molecule has 2 aromatic carbocycles. The molecule has 0 unspecified atom stereocenters. The van der Waals surface area contributed by atoms with E-state index in [2.05, 4.69) is 21.2 Å². The lowest BCUT2D eigenvalue weighted by Gasteiger charge is -2.08. The molecule has 0 aromatic heterocycles. The number of anilines is 2. The summed E-state index contributed by atoms with van der Waals surface area (Å²) in [6.45, 7) is 1.79. The zero-order valence-electron chi connectivity index (χ0n) is 10.3. The number of carbonyl (C=O) groups is 1.